The van der Waals surface area contributed by atoms with Crippen LogP contribution in [-0.2, 0) is 14.4 Å². The zero-order chi connectivity index (χ0) is 25.3. The highest BCUT2D eigenvalue weighted by molar-refractivity contribution is 6.07. The van der Waals surface area contributed by atoms with Crippen LogP contribution in [0.2, 0.25) is 0 Å². The maximum absolute atomic E-state index is 13.2. The zero-order valence-electron chi connectivity index (χ0n) is 18.2. The Morgan fingerprint density at radius 1 is 0.971 bits per heavy atom. The van der Waals surface area contributed by atoms with Gasteiger partial charge in [-0.3, -0.25) is 14.4 Å². The minimum Gasteiger partial charge on any atom is -0.349 e. The fourth-order valence-corrected chi connectivity index (χ4v) is 3.73. The second kappa shape index (κ2) is 9.40. The normalized spacial score (nSPS) is 16.7. The molecule has 0 aromatic heterocycles. The van der Waals surface area contributed by atoms with E-state index >= 15 is 0 Å². The standard InChI is InChI=1S/C23H22F5N3O3/c1-3-13(19(32)29-12-22(24,25)23(26,27)28)20(33)30-18-16-10-5-4-8-14(16)15-9-6-7-11-17(15)31(2)21(18)34/h4-11,13,18H,3,12H2,1-2H3,(H,29,32)(H,30,33). The molecule has 34 heavy (non-hydrogen) atoms. The van der Waals surface area contributed by atoms with Gasteiger partial charge in [0, 0.05) is 12.6 Å². The van der Waals surface area contributed by atoms with Crippen molar-refractivity contribution in [2.75, 3.05) is 18.5 Å². The molecule has 2 atom stereocenters. The first-order chi connectivity index (χ1) is 15.9. The smallest absolute Gasteiger partial charge is 0.349 e. The molecule has 1 heterocycles. The number of halogens is 5. The van der Waals surface area contributed by atoms with Crippen LogP contribution in [0.15, 0.2) is 48.5 Å². The molecule has 0 aliphatic carbocycles. The van der Waals surface area contributed by atoms with Crippen molar-refractivity contribution in [1.82, 2.24) is 10.6 Å². The van der Waals surface area contributed by atoms with E-state index < -0.39 is 48.3 Å². The molecule has 0 saturated carbocycles. The summed E-state index contributed by atoms with van der Waals surface area (Å²) in [7, 11) is 1.52. The van der Waals surface area contributed by atoms with Crippen LogP contribution in [0.3, 0.4) is 0 Å². The summed E-state index contributed by atoms with van der Waals surface area (Å²) in [4.78, 5) is 39.8. The lowest BCUT2D eigenvalue weighted by atomic mass is 9.94. The number of carbonyl (C=O) groups excluding carboxylic acids is 3. The molecule has 3 rings (SSSR count). The summed E-state index contributed by atoms with van der Waals surface area (Å²) in [6.07, 6.45) is -6.03. The monoisotopic (exact) mass is 483 g/mol. The van der Waals surface area contributed by atoms with Gasteiger partial charge in [-0.15, -0.1) is 0 Å². The highest BCUT2D eigenvalue weighted by atomic mass is 19.4. The van der Waals surface area contributed by atoms with Gasteiger partial charge in [0.15, 0.2) is 0 Å². The number of alkyl halides is 5. The molecule has 1 aliphatic heterocycles. The number of nitrogens with one attached hydrogen (secondary N) is 2. The van der Waals surface area contributed by atoms with Crippen LogP contribution in [0, 0.1) is 5.92 Å². The SMILES string of the molecule is CCC(C(=O)NCC(F)(F)C(F)(F)F)C(=O)NC1C(=O)N(C)c2ccccc2-c2ccccc21. The lowest BCUT2D eigenvalue weighted by Gasteiger charge is -2.25. The summed E-state index contributed by atoms with van der Waals surface area (Å²) in [6, 6.07) is 12.7. The molecule has 0 bridgehead atoms. The fraction of sp³-hybridized carbons (Fsp3) is 0.348. The van der Waals surface area contributed by atoms with E-state index in [0.29, 0.717) is 16.8 Å². The molecule has 2 N–H and O–H groups in total. The Balaban J connectivity index is 1.85. The van der Waals surface area contributed by atoms with E-state index in [4.69, 9.17) is 0 Å². The van der Waals surface area contributed by atoms with Crippen LogP contribution in [-0.4, -0.2) is 43.4 Å². The van der Waals surface area contributed by atoms with Crippen molar-refractivity contribution in [3.63, 3.8) is 0 Å². The van der Waals surface area contributed by atoms with Gasteiger partial charge in [0.1, 0.15) is 12.0 Å². The molecule has 0 radical (unpaired) electrons. The zero-order valence-corrected chi connectivity index (χ0v) is 18.2. The van der Waals surface area contributed by atoms with Crippen LogP contribution in [0.1, 0.15) is 24.9 Å². The van der Waals surface area contributed by atoms with Gasteiger partial charge in [-0.25, -0.2) is 0 Å². The third-order valence-electron chi connectivity index (χ3n) is 5.63. The highest BCUT2D eigenvalue weighted by Gasteiger charge is 2.57. The number of anilines is 1. The molecule has 6 nitrogen and oxygen atoms in total. The number of amides is 3. The maximum Gasteiger partial charge on any atom is 0.455 e. The van der Waals surface area contributed by atoms with Gasteiger partial charge in [0.05, 0.1) is 12.2 Å². The van der Waals surface area contributed by atoms with Gasteiger partial charge in [0.2, 0.25) is 11.8 Å². The summed E-state index contributed by atoms with van der Waals surface area (Å²) in [5.41, 5.74) is 2.46. The van der Waals surface area contributed by atoms with Gasteiger partial charge in [-0.1, -0.05) is 49.4 Å². The van der Waals surface area contributed by atoms with Crippen LogP contribution in [0.5, 0.6) is 0 Å². The number of nitrogens with zero attached hydrogens (tertiary/aromatic N) is 1. The average Bonchev–Trinajstić information content (AvgIpc) is 2.87. The molecule has 182 valence electrons. The second-order valence-corrected chi connectivity index (χ2v) is 7.82. The van der Waals surface area contributed by atoms with E-state index in [0.717, 1.165) is 5.56 Å². The molecule has 2 unspecified atom stereocenters. The lowest BCUT2D eigenvalue weighted by Crippen LogP contribution is -2.51. The van der Waals surface area contributed by atoms with E-state index in [-0.39, 0.29) is 6.42 Å². The molecule has 0 fully saturated rings. The minimum absolute atomic E-state index is 0.187. The number of rotatable bonds is 6. The van der Waals surface area contributed by atoms with E-state index in [9.17, 15) is 36.3 Å². The molecule has 3 amide bonds. The maximum atomic E-state index is 13.2. The molecule has 2 aromatic rings. The summed E-state index contributed by atoms with van der Waals surface area (Å²) in [5.74, 6) is -9.51. The van der Waals surface area contributed by atoms with Crippen LogP contribution in [0.4, 0.5) is 27.6 Å². The van der Waals surface area contributed by atoms with Gasteiger partial charge in [-0.05, 0) is 23.6 Å². The molecule has 1 aliphatic rings. The van der Waals surface area contributed by atoms with Gasteiger partial charge in [-0.2, -0.15) is 22.0 Å². The largest absolute Gasteiger partial charge is 0.455 e. The summed E-state index contributed by atoms with van der Waals surface area (Å²) < 4.78 is 63.5. The number of hydrogen-bond acceptors (Lipinski definition) is 3. The molecule has 11 heteroatoms. The van der Waals surface area contributed by atoms with E-state index in [1.807, 2.05) is 6.07 Å². The lowest BCUT2D eigenvalue weighted by molar-refractivity contribution is -0.278. The molecular weight excluding hydrogens is 461 g/mol. The number of carbonyl (C=O) groups is 3. The predicted octanol–water partition coefficient (Wildman–Crippen LogP) is 3.83. The Morgan fingerprint density at radius 2 is 1.56 bits per heavy atom. The Bertz CT molecular complexity index is 1100. The summed E-state index contributed by atoms with van der Waals surface area (Å²) in [6.45, 7) is -0.598. The van der Waals surface area contributed by atoms with E-state index in [1.54, 1.807) is 42.5 Å². The number of fused-ring (bicyclic) bond motifs is 3. The van der Waals surface area contributed by atoms with Crippen molar-refractivity contribution in [1.29, 1.82) is 0 Å². The topological polar surface area (TPSA) is 78.5 Å². The quantitative estimate of drug-likeness (QED) is 0.484. The third kappa shape index (κ3) is 4.73. The Hall–Kier alpha value is -3.50. The number of hydrogen-bond donors (Lipinski definition) is 2. The third-order valence-corrected chi connectivity index (χ3v) is 5.63. The van der Waals surface area contributed by atoms with E-state index in [1.165, 1.54) is 24.2 Å². The number of para-hydroxylation sites is 1. The van der Waals surface area contributed by atoms with Crippen LogP contribution < -0.4 is 15.5 Å². The molecule has 0 spiro atoms. The second-order valence-electron chi connectivity index (χ2n) is 7.82. The average molecular weight is 483 g/mol. The van der Waals surface area contributed by atoms with Gasteiger partial charge in [0.25, 0.3) is 5.91 Å². The highest BCUT2D eigenvalue weighted by Crippen LogP contribution is 2.39. The van der Waals surface area contributed by atoms with Crippen molar-refractivity contribution in [2.45, 2.75) is 31.5 Å². The first kappa shape index (κ1) is 25.1. The Labute approximate surface area is 192 Å². The summed E-state index contributed by atoms with van der Waals surface area (Å²) in [5, 5.41) is 3.99. The van der Waals surface area contributed by atoms with Crippen molar-refractivity contribution >= 4 is 23.4 Å². The summed E-state index contributed by atoms with van der Waals surface area (Å²) >= 11 is 0. The van der Waals surface area contributed by atoms with Crippen molar-refractivity contribution in [2.24, 2.45) is 5.92 Å². The predicted molar refractivity (Wildman–Crippen MR) is 114 cm³/mol. The number of likely N-dealkylation sites (N-methyl/N-ethyl adjacent to an activating group) is 1. The van der Waals surface area contributed by atoms with Gasteiger partial charge < -0.3 is 15.5 Å². The van der Waals surface area contributed by atoms with E-state index in [2.05, 4.69) is 5.32 Å². The van der Waals surface area contributed by atoms with Crippen LogP contribution in [0.25, 0.3) is 11.1 Å². The molecular formula is C23H22F5N3O3. The van der Waals surface area contributed by atoms with Crippen molar-refractivity contribution in [3.05, 3.63) is 54.1 Å². The molecule has 2 aromatic carbocycles. The van der Waals surface area contributed by atoms with Gasteiger partial charge >= 0.3 is 12.1 Å². The first-order valence-electron chi connectivity index (χ1n) is 10.4. The molecule has 0 saturated heterocycles. The van der Waals surface area contributed by atoms with Crippen molar-refractivity contribution < 1.29 is 36.3 Å². The minimum atomic E-state index is -5.85. The first-order valence-corrected chi connectivity index (χ1v) is 10.4. The Morgan fingerprint density at radius 3 is 2.18 bits per heavy atom. The Kier molecular flexibility index (Phi) is 6.94. The number of benzene rings is 2. The van der Waals surface area contributed by atoms with Crippen LogP contribution >= 0.6 is 0 Å². The van der Waals surface area contributed by atoms with Crippen molar-refractivity contribution in [3.8, 4) is 11.1 Å². The fourth-order valence-electron chi connectivity index (χ4n) is 3.73.